The molecule has 1 atom stereocenters. The van der Waals surface area contributed by atoms with Crippen LogP contribution in [-0.2, 0) is 20.7 Å². The molecular formula is C24H22N2O3S. The van der Waals surface area contributed by atoms with E-state index in [1.807, 2.05) is 73.7 Å². The summed E-state index contributed by atoms with van der Waals surface area (Å²) in [6.45, 7) is 1.64. The molecule has 1 amide bonds. The second-order valence-corrected chi connectivity index (χ2v) is 8.21. The number of esters is 1. The molecule has 0 unspecified atom stereocenters. The summed E-state index contributed by atoms with van der Waals surface area (Å²) < 4.78 is 6.25. The number of nitrogens with zero attached hydrogens (tertiary/aromatic N) is 1. The Bertz CT molecular complexity index is 1160. The van der Waals surface area contributed by atoms with E-state index in [1.165, 1.54) is 0 Å². The highest BCUT2D eigenvalue weighted by atomic mass is 32.1. The predicted octanol–water partition coefficient (Wildman–Crippen LogP) is 4.80. The first-order valence-corrected chi connectivity index (χ1v) is 10.7. The molecule has 1 N–H and O–H groups in total. The number of hydrogen-bond acceptors (Lipinski definition) is 5. The average molecular weight is 419 g/mol. The first kappa shape index (κ1) is 20.0. The number of benzene rings is 3. The third-order valence-corrected chi connectivity index (χ3v) is 6.01. The number of aromatic nitrogens is 1. The van der Waals surface area contributed by atoms with Gasteiger partial charge in [-0.25, -0.2) is 4.98 Å². The van der Waals surface area contributed by atoms with Crippen LogP contribution in [0.4, 0.5) is 0 Å². The normalized spacial score (nSPS) is 12.0. The summed E-state index contributed by atoms with van der Waals surface area (Å²) in [7, 11) is 0. The fraction of sp³-hybridized carbons (Fsp3) is 0.208. The molecule has 4 rings (SSSR count). The molecule has 0 bridgehead atoms. The van der Waals surface area contributed by atoms with Gasteiger partial charge in [0.25, 0.3) is 5.91 Å². The molecule has 0 fully saturated rings. The van der Waals surface area contributed by atoms with Crippen LogP contribution in [0, 0.1) is 0 Å². The summed E-state index contributed by atoms with van der Waals surface area (Å²) in [4.78, 5) is 28.8. The van der Waals surface area contributed by atoms with Crippen LogP contribution in [0.3, 0.4) is 0 Å². The molecule has 0 saturated heterocycles. The van der Waals surface area contributed by atoms with Crippen LogP contribution in [0.5, 0.6) is 0 Å². The first-order valence-electron chi connectivity index (χ1n) is 9.87. The Labute approximate surface area is 178 Å². The zero-order valence-electron chi connectivity index (χ0n) is 16.6. The average Bonchev–Trinajstić information content (AvgIpc) is 3.19. The highest BCUT2D eigenvalue weighted by molar-refractivity contribution is 7.18. The quantitative estimate of drug-likeness (QED) is 0.438. The van der Waals surface area contributed by atoms with Crippen LogP contribution < -0.4 is 5.32 Å². The van der Waals surface area contributed by atoms with Gasteiger partial charge in [0.1, 0.15) is 0 Å². The number of carbonyl (C=O) groups excluding carboxylic acids is 2. The van der Waals surface area contributed by atoms with Crippen LogP contribution in [0.2, 0.25) is 0 Å². The second-order valence-electron chi connectivity index (χ2n) is 7.09. The Morgan fingerprint density at radius 1 is 1.03 bits per heavy atom. The maximum atomic E-state index is 12.3. The van der Waals surface area contributed by atoms with Gasteiger partial charge in [-0.15, -0.1) is 11.3 Å². The summed E-state index contributed by atoms with van der Waals surface area (Å²) in [5.41, 5.74) is 1.97. The van der Waals surface area contributed by atoms with Crippen molar-refractivity contribution in [2.75, 3.05) is 6.61 Å². The Morgan fingerprint density at radius 3 is 2.67 bits per heavy atom. The van der Waals surface area contributed by atoms with E-state index in [0.29, 0.717) is 6.42 Å². The number of para-hydroxylation sites is 1. The van der Waals surface area contributed by atoms with Crippen molar-refractivity contribution >= 4 is 44.2 Å². The lowest BCUT2D eigenvalue weighted by Crippen LogP contribution is -2.31. The maximum Gasteiger partial charge on any atom is 0.306 e. The molecule has 0 aliphatic rings. The fourth-order valence-electron chi connectivity index (χ4n) is 3.44. The summed E-state index contributed by atoms with van der Waals surface area (Å²) in [5.74, 6) is -0.717. The molecule has 0 aliphatic heterocycles. The number of amides is 1. The van der Waals surface area contributed by atoms with Crippen molar-refractivity contribution in [1.29, 1.82) is 0 Å². The van der Waals surface area contributed by atoms with Gasteiger partial charge in [0, 0.05) is 6.42 Å². The van der Waals surface area contributed by atoms with Gasteiger partial charge in [-0.05, 0) is 35.4 Å². The number of ether oxygens (including phenoxy) is 1. The molecule has 0 spiro atoms. The highest BCUT2D eigenvalue weighted by Crippen LogP contribution is 2.24. The lowest BCUT2D eigenvalue weighted by molar-refractivity contribution is -0.148. The van der Waals surface area contributed by atoms with Gasteiger partial charge >= 0.3 is 5.97 Å². The minimum absolute atomic E-state index is 0.190. The van der Waals surface area contributed by atoms with Gasteiger partial charge in [-0.2, -0.15) is 0 Å². The van der Waals surface area contributed by atoms with Crippen molar-refractivity contribution in [2.24, 2.45) is 0 Å². The van der Waals surface area contributed by atoms with Gasteiger partial charge in [0.05, 0.1) is 27.7 Å². The largest absolute Gasteiger partial charge is 0.456 e. The van der Waals surface area contributed by atoms with Crippen LogP contribution >= 0.6 is 11.3 Å². The van der Waals surface area contributed by atoms with Crippen LogP contribution in [0.25, 0.3) is 21.0 Å². The zero-order chi connectivity index (χ0) is 20.9. The van der Waals surface area contributed by atoms with Crippen molar-refractivity contribution in [2.45, 2.75) is 25.8 Å². The van der Waals surface area contributed by atoms with Crippen molar-refractivity contribution in [1.82, 2.24) is 10.3 Å². The van der Waals surface area contributed by atoms with E-state index in [1.54, 1.807) is 11.3 Å². The second kappa shape index (κ2) is 9.05. The molecule has 0 radical (unpaired) electrons. The van der Waals surface area contributed by atoms with E-state index >= 15 is 0 Å². The zero-order valence-corrected chi connectivity index (χ0v) is 17.4. The number of nitrogens with one attached hydrogen (secondary N) is 1. The van der Waals surface area contributed by atoms with E-state index < -0.39 is 5.97 Å². The highest BCUT2D eigenvalue weighted by Gasteiger charge is 2.14. The molecule has 5 nitrogen and oxygen atoms in total. The lowest BCUT2D eigenvalue weighted by atomic mass is 10.00. The van der Waals surface area contributed by atoms with E-state index in [-0.39, 0.29) is 25.0 Å². The maximum absolute atomic E-state index is 12.3. The third-order valence-electron chi connectivity index (χ3n) is 4.91. The van der Waals surface area contributed by atoms with Crippen LogP contribution in [0.15, 0.2) is 66.7 Å². The topological polar surface area (TPSA) is 68.3 Å². The van der Waals surface area contributed by atoms with Crippen molar-refractivity contribution in [3.8, 4) is 0 Å². The van der Waals surface area contributed by atoms with E-state index in [0.717, 1.165) is 31.6 Å². The van der Waals surface area contributed by atoms with Crippen molar-refractivity contribution in [3.63, 3.8) is 0 Å². The monoisotopic (exact) mass is 418 g/mol. The minimum atomic E-state index is -0.401. The molecule has 30 heavy (non-hydrogen) atoms. The standard InChI is InChI=1S/C24H22N2O3S/c1-16(18-10-6-8-17-7-2-3-9-19(17)18)25-22(27)15-29-24(28)14-13-23-26-20-11-4-5-12-21(20)30-23/h2-12,16H,13-15H2,1H3,(H,25,27)/t16-/m0/s1. The molecular weight excluding hydrogens is 396 g/mol. The summed E-state index contributed by atoms with van der Waals surface area (Å²) >= 11 is 1.57. The number of carbonyl (C=O) groups is 2. The smallest absolute Gasteiger partial charge is 0.306 e. The van der Waals surface area contributed by atoms with Gasteiger partial charge in [-0.1, -0.05) is 54.6 Å². The molecule has 1 heterocycles. The summed E-state index contributed by atoms with van der Waals surface area (Å²) in [6, 6.07) is 21.7. The molecule has 0 saturated carbocycles. The Kier molecular flexibility index (Phi) is 6.05. The van der Waals surface area contributed by atoms with Gasteiger partial charge in [0.2, 0.25) is 0 Å². The van der Waals surface area contributed by atoms with Gasteiger partial charge in [-0.3, -0.25) is 9.59 Å². The van der Waals surface area contributed by atoms with Gasteiger partial charge in [0.15, 0.2) is 6.61 Å². The molecule has 3 aromatic carbocycles. The number of hydrogen-bond donors (Lipinski definition) is 1. The number of thiazole rings is 1. The SMILES string of the molecule is C[C@H](NC(=O)COC(=O)CCc1nc2ccccc2s1)c1cccc2ccccc12. The van der Waals surface area contributed by atoms with Crippen molar-refractivity contribution in [3.05, 3.63) is 77.3 Å². The summed E-state index contributed by atoms with van der Waals surface area (Å²) in [6.07, 6.45) is 0.707. The van der Waals surface area contributed by atoms with E-state index in [2.05, 4.69) is 10.3 Å². The van der Waals surface area contributed by atoms with E-state index in [4.69, 9.17) is 4.74 Å². The minimum Gasteiger partial charge on any atom is -0.456 e. The number of fused-ring (bicyclic) bond motifs is 2. The number of aryl methyl sites for hydroxylation is 1. The Balaban J connectivity index is 1.27. The fourth-order valence-corrected chi connectivity index (χ4v) is 4.41. The van der Waals surface area contributed by atoms with Gasteiger partial charge < -0.3 is 10.1 Å². The summed E-state index contributed by atoms with van der Waals surface area (Å²) in [5, 5.41) is 6.02. The molecule has 1 aromatic heterocycles. The molecule has 0 aliphatic carbocycles. The molecule has 152 valence electrons. The number of rotatable bonds is 7. The lowest BCUT2D eigenvalue weighted by Gasteiger charge is -2.16. The predicted molar refractivity (Wildman–Crippen MR) is 119 cm³/mol. The van der Waals surface area contributed by atoms with Crippen LogP contribution in [0.1, 0.15) is 30.0 Å². The first-order chi connectivity index (χ1) is 14.6. The van der Waals surface area contributed by atoms with Crippen LogP contribution in [-0.4, -0.2) is 23.5 Å². The van der Waals surface area contributed by atoms with E-state index in [9.17, 15) is 9.59 Å². The Hall–Kier alpha value is -3.25. The third kappa shape index (κ3) is 4.66. The molecule has 4 aromatic rings. The molecule has 6 heteroatoms. The van der Waals surface area contributed by atoms with Crippen molar-refractivity contribution < 1.29 is 14.3 Å². The Morgan fingerprint density at radius 2 is 1.80 bits per heavy atom.